The summed E-state index contributed by atoms with van der Waals surface area (Å²) in [6, 6.07) is 24.2. The number of carbonyl (C=O) groups excluding carboxylic acids is 1. The molecule has 3 aromatic carbocycles. The van der Waals surface area contributed by atoms with E-state index in [1.807, 2.05) is 46.4 Å². The molecule has 7 rings (SSSR count). The summed E-state index contributed by atoms with van der Waals surface area (Å²) in [7, 11) is 0. The third-order valence-corrected chi connectivity index (χ3v) is 6.84. The zero-order valence-electron chi connectivity index (χ0n) is 19.4. The number of fused-ring (bicyclic) bond motifs is 6. The van der Waals surface area contributed by atoms with Gasteiger partial charge in [-0.15, -0.1) is 5.10 Å². The number of para-hydroxylation sites is 1. The van der Waals surface area contributed by atoms with Crippen LogP contribution >= 0.6 is 0 Å². The van der Waals surface area contributed by atoms with E-state index in [-0.39, 0.29) is 12.2 Å². The van der Waals surface area contributed by atoms with Crippen LogP contribution in [0, 0.1) is 13.8 Å². The highest BCUT2D eigenvalue weighted by atomic mass is 16.2. The van der Waals surface area contributed by atoms with Crippen molar-refractivity contribution in [1.82, 2.24) is 20.5 Å². The number of nitrogens with zero attached hydrogens (tertiary/aromatic N) is 5. The Kier molecular flexibility index (Phi) is 4.08. The molecule has 0 spiro atoms. The van der Waals surface area contributed by atoms with Crippen LogP contribution < -0.4 is 10.7 Å². The van der Waals surface area contributed by atoms with Crippen molar-refractivity contribution in [3.05, 3.63) is 112 Å². The second-order valence-electron chi connectivity index (χ2n) is 9.13. The highest BCUT2D eigenvalue weighted by Crippen LogP contribution is 2.43. The maximum atomic E-state index is 12.9. The molecule has 4 heterocycles. The molecule has 1 atom stereocenters. The number of carbonyl (C=O) groups is 1. The molecule has 0 radical (unpaired) electrons. The maximum absolute atomic E-state index is 12.9. The Morgan fingerprint density at radius 3 is 2.43 bits per heavy atom. The van der Waals surface area contributed by atoms with Crippen LogP contribution in [0.15, 0.2) is 94.5 Å². The summed E-state index contributed by atoms with van der Waals surface area (Å²) < 4.78 is 0. The molecule has 172 valence electrons. The molecule has 1 unspecified atom stereocenters. The number of aryl methyl sites for hydroxylation is 2. The van der Waals surface area contributed by atoms with Crippen LogP contribution in [0.2, 0.25) is 0 Å². The van der Waals surface area contributed by atoms with Gasteiger partial charge in [-0.3, -0.25) is 10.2 Å². The minimum absolute atomic E-state index is 0.144. The van der Waals surface area contributed by atoms with E-state index in [0.717, 1.165) is 39.6 Å². The minimum Gasteiger partial charge on any atom is -0.345 e. The second-order valence-corrected chi connectivity index (χ2v) is 9.13. The Labute approximate surface area is 202 Å². The summed E-state index contributed by atoms with van der Waals surface area (Å²) in [4.78, 5) is 12.9. The number of anilines is 1. The van der Waals surface area contributed by atoms with Gasteiger partial charge in [0.15, 0.2) is 11.7 Å². The van der Waals surface area contributed by atoms with Crippen molar-refractivity contribution in [1.29, 1.82) is 0 Å². The minimum atomic E-state index is -0.369. The van der Waals surface area contributed by atoms with Crippen molar-refractivity contribution >= 4 is 23.1 Å². The van der Waals surface area contributed by atoms with Crippen LogP contribution in [-0.2, 0) is 0 Å². The van der Waals surface area contributed by atoms with E-state index >= 15 is 0 Å². The number of benzene rings is 3. The molecular formula is C27H23N7O. The van der Waals surface area contributed by atoms with Crippen molar-refractivity contribution in [2.45, 2.75) is 26.6 Å². The van der Waals surface area contributed by atoms with Crippen molar-refractivity contribution in [3.8, 4) is 0 Å². The molecule has 1 amide bonds. The summed E-state index contributed by atoms with van der Waals surface area (Å²) in [5.41, 5.74) is 10.9. The molecule has 0 saturated carbocycles. The predicted octanol–water partition coefficient (Wildman–Crippen LogP) is 3.93. The lowest BCUT2D eigenvalue weighted by Crippen LogP contribution is -2.49. The van der Waals surface area contributed by atoms with Gasteiger partial charge >= 0.3 is 0 Å². The number of hydrogen-bond donors (Lipinski definition) is 2. The van der Waals surface area contributed by atoms with Gasteiger partial charge in [0.1, 0.15) is 0 Å². The van der Waals surface area contributed by atoms with Crippen molar-refractivity contribution in [3.63, 3.8) is 0 Å². The lowest BCUT2D eigenvalue weighted by molar-refractivity contribution is 0.0867. The molecule has 2 N–H and O–H groups in total. The van der Waals surface area contributed by atoms with E-state index in [0.29, 0.717) is 17.8 Å². The molecule has 8 nitrogen and oxygen atoms in total. The average molecular weight is 462 g/mol. The Hall–Kier alpha value is -4.59. The molecule has 35 heavy (non-hydrogen) atoms. The Morgan fingerprint density at radius 1 is 0.886 bits per heavy atom. The largest absolute Gasteiger partial charge is 0.345 e. The first-order chi connectivity index (χ1) is 17.1. The number of rotatable bonds is 3. The normalized spacial score (nSPS) is 19.7. The lowest BCUT2D eigenvalue weighted by atomic mass is 10.0. The van der Waals surface area contributed by atoms with E-state index in [2.05, 4.69) is 61.0 Å². The summed E-state index contributed by atoms with van der Waals surface area (Å²) in [6.45, 7) is 4.16. The Balaban J connectivity index is 1.34. The molecule has 0 bridgehead atoms. The first-order valence-corrected chi connectivity index (χ1v) is 11.7. The fraction of sp³-hybridized carbons (Fsp3) is 0.148. The summed E-state index contributed by atoms with van der Waals surface area (Å²) in [5.74, 6) is 1.39. The van der Waals surface area contributed by atoms with E-state index < -0.39 is 0 Å². The van der Waals surface area contributed by atoms with Gasteiger partial charge in [-0.05, 0) is 37.1 Å². The van der Waals surface area contributed by atoms with Crippen molar-refractivity contribution < 1.29 is 4.79 Å². The van der Waals surface area contributed by atoms with Gasteiger partial charge in [-0.25, -0.2) is 15.0 Å². The van der Waals surface area contributed by atoms with E-state index in [9.17, 15) is 4.79 Å². The molecular weight excluding hydrogens is 438 g/mol. The molecule has 8 heteroatoms. The molecule has 0 aliphatic carbocycles. The smallest absolute Gasteiger partial charge is 0.270 e. The number of hydrogen-bond acceptors (Lipinski definition) is 7. The quantitative estimate of drug-likeness (QED) is 0.618. The van der Waals surface area contributed by atoms with Crippen molar-refractivity contribution in [2.24, 2.45) is 10.2 Å². The number of hydrazone groups is 2. The average Bonchev–Trinajstić information content (AvgIpc) is 3.52. The summed E-state index contributed by atoms with van der Waals surface area (Å²) >= 11 is 0. The highest BCUT2D eigenvalue weighted by Gasteiger charge is 2.51. The third kappa shape index (κ3) is 2.89. The standard InChI is InChI=1S/C27H23N7O/c1-16-11-13-18(14-12-16)22-15-23-26-33-24(19-8-4-5-9-20(19)25(35)31-33)30-34(26)27(32(23)29-22)28-21-10-6-3-7-17(21)2/h3-14,27-28H,15H2,1-2H3,(H,31,35). The van der Waals surface area contributed by atoms with Crippen LogP contribution in [0.4, 0.5) is 5.69 Å². The predicted molar refractivity (Wildman–Crippen MR) is 134 cm³/mol. The maximum Gasteiger partial charge on any atom is 0.270 e. The lowest BCUT2D eigenvalue weighted by Gasteiger charge is -2.28. The number of amides is 1. The van der Waals surface area contributed by atoms with Crippen LogP contribution in [0.1, 0.15) is 39.0 Å². The highest BCUT2D eigenvalue weighted by molar-refractivity contribution is 6.14. The van der Waals surface area contributed by atoms with E-state index in [1.165, 1.54) is 5.56 Å². The number of nitrogens with one attached hydrogen (secondary N) is 2. The summed E-state index contributed by atoms with van der Waals surface area (Å²) in [5, 5.41) is 19.4. The van der Waals surface area contributed by atoms with Gasteiger partial charge in [-0.1, -0.05) is 66.2 Å². The number of allylic oxidation sites excluding steroid dienone is 1. The number of amidine groups is 1. The van der Waals surface area contributed by atoms with E-state index in [4.69, 9.17) is 10.2 Å². The van der Waals surface area contributed by atoms with Crippen molar-refractivity contribution in [2.75, 3.05) is 5.32 Å². The molecule has 0 aromatic heterocycles. The first-order valence-electron chi connectivity index (χ1n) is 11.7. The zero-order valence-corrected chi connectivity index (χ0v) is 19.4. The van der Waals surface area contributed by atoms with Crippen LogP contribution in [0.25, 0.3) is 0 Å². The molecule has 3 aromatic rings. The monoisotopic (exact) mass is 461 g/mol. The van der Waals surface area contributed by atoms with Gasteiger partial charge in [0.05, 0.1) is 17.0 Å². The fourth-order valence-electron chi connectivity index (χ4n) is 5.00. The van der Waals surface area contributed by atoms with Crippen LogP contribution in [0.5, 0.6) is 0 Å². The second kappa shape index (κ2) is 7.20. The Morgan fingerprint density at radius 2 is 1.63 bits per heavy atom. The van der Waals surface area contributed by atoms with Gasteiger partial charge < -0.3 is 5.32 Å². The van der Waals surface area contributed by atoms with Gasteiger partial charge in [-0.2, -0.15) is 5.10 Å². The SMILES string of the molecule is Cc1ccc(C2=NN3C(=C4N5NC(=O)c6ccccc6C5=NN4C3Nc3ccccc3C)C2)cc1. The van der Waals surface area contributed by atoms with Crippen LogP contribution in [0.3, 0.4) is 0 Å². The zero-order chi connectivity index (χ0) is 23.7. The van der Waals surface area contributed by atoms with Gasteiger partial charge in [0.25, 0.3) is 5.91 Å². The summed E-state index contributed by atoms with van der Waals surface area (Å²) in [6.07, 6.45) is 0.267. The van der Waals surface area contributed by atoms with Gasteiger partial charge in [0, 0.05) is 17.7 Å². The first kappa shape index (κ1) is 19.8. The van der Waals surface area contributed by atoms with Gasteiger partial charge in [0.2, 0.25) is 6.29 Å². The topological polar surface area (TPSA) is 75.6 Å². The molecule has 4 aliphatic heterocycles. The molecule has 4 aliphatic rings. The van der Waals surface area contributed by atoms with Crippen LogP contribution in [-0.4, -0.2) is 38.8 Å². The molecule has 0 saturated heterocycles. The number of hydrazine groups is 1. The van der Waals surface area contributed by atoms with E-state index in [1.54, 1.807) is 5.01 Å². The Bertz CT molecular complexity index is 1490. The fourth-order valence-corrected chi connectivity index (χ4v) is 5.00. The third-order valence-electron chi connectivity index (χ3n) is 6.84. The molecule has 0 fully saturated rings.